The summed E-state index contributed by atoms with van der Waals surface area (Å²) in [5.41, 5.74) is 3.69. The number of carbonyl (C=O) groups excluding carboxylic acids is 1. The first-order valence-electron chi connectivity index (χ1n) is 17.4. The number of anilines is 4. The molecular weight excluding hydrogens is 676 g/mol. The molecule has 3 aromatic carbocycles. The zero-order valence-electron chi connectivity index (χ0n) is 31.0. The third kappa shape index (κ3) is 8.79. The Hall–Kier alpha value is -5.86. The SMILES string of the molecule is COc1cc(-n2cccn2)ccc1OC(=O)N(c1ccnc(Nc2cc(OC)c(OC)c(OCCCN3CCN(C)CC3)c2)n1)c1c(C)cccc1C. The number of carbonyl (C=O) groups is 1. The zero-order chi connectivity index (χ0) is 37.3. The van der Waals surface area contributed by atoms with Crippen molar-refractivity contribution in [3.05, 3.63) is 90.4 Å². The lowest BCUT2D eigenvalue weighted by Gasteiger charge is -2.32. The number of hydrogen-bond donors (Lipinski definition) is 1. The summed E-state index contributed by atoms with van der Waals surface area (Å²) < 4.78 is 30.9. The number of nitrogens with zero attached hydrogens (tertiary/aromatic N) is 7. The molecule has 0 bridgehead atoms. The summed E-state index contributed by atoms with van der Waals surface area (Å²) in [5, 5.41) is 7.54. The quantitative estimate of drug-likeness (QED) is 0.127. The van der Waals surface area contributed by atoms with Gasteiger partial charge in [-0.25, -0.2) is 19.4 Å². The van der Waals surface area contributed by atoms with Crippen molar-refractivity contribution in [3.63, 3.8) is 0 Å². The van der Waals surface area contributed by atoms with Crippen molar-refractivity contribution in [2.75, 3.05) is 77.9 Å². The third-order valence-corrected chi connectivity index (χ3v) is 9.00. The smallest absolute Gasteiger partial charge is 0.425 e. The lowest BCUT2D eigenvalue weighted by Crippen LogP contribution is -2.44. The molecule has 6 rings (SSSR count). The first kappa shape index (κ1) is 36.9. The predicted octanol–water partition coefficient (Wildman–Crippen LogP) is 6.40. The molecule has 14 heteroatoms. The fourth-order valence-electron chi connectivity index (χ4n) is 6.22. The van der Waals surface area contributed by atoms with Crippen LogP contribution in [-0.2, 0) is 0 Å². The van der Waals surface area contributed by atoms with Crippen LogP contribution >= 0.6 is 0 Å². The summed E-state index contributed by atoms with van der Waals surface area (Å²) >= 11 is 0. The predicted molar refractivity (Wildman–Crippen MR) is 203 cm³/mol. The molecule has 5 aromatic rings. The molecule has 3 heterocycles. The molecular formula is C39H46N8O6. The number of aryl methyl sites for hydroxylation is 2. The highest BCUT2D eigenvalue weighted by molar-refractivity contribution is 5.98. The van der Waals surface area contributed by atoms with Crippen LogP contribution in [0.25, 0.3) is 5.69 Å². The van der Waals surface area contributed by atoms with E-state index in [1.54, 1.807) is 61.6 Å². The molecule has 278 valence electrons. The average molecular weight is 723 g/mol. The molecule has 1 amide bonds. The highest BCUT2D eigenvalue weighted by atomic mass is 16.6. The van der Waals surface area contributed by atoms with Gasteiger partial charge in [0.25, 0.3) is 0 Å². The molecule has 0 aliphatic carbocycles. The molecule has 1 fully saturated rings. The summed E-state index contributed by atoms with van der Waals surface area (Å²) in [6.45, 7) is 9.57. The molecule has 0 spiro atoms. The number of piperazine rings is 1. The van der Waals surface area contributed by atoms with Crippen LogP contribution < -0.4 is 33.9 Å². The fraction of sp³-hybridized carbons (Fsp3) is 0.333. The number of aromatic nitrogens is 4. The van der Waals surface area contributed by atoms with Gasteiger partial charge in [0.15, 0.2) is 23.0 Å². The highest BCUT2D eigenvalue weighted by Crippen LogP contribution is 2.41. The van der Waals surface area contributed by atoms with Gasteiger partial charge in [-0.3, -0.25) is 0 Å². The van der Waals surface area contributed by atoms with E-state index in [9.17, 15) is 4.79 Å². The van der Waals surface area contributed by atoms with Crippen LogP contribution in [0.2, 0.25) is 0 Å². The highest BCUT2D eigenvalue weighted by Gasteiger charge is 2.27. The monoisotopic (exact) mass is 722 g/mol. The van der Waals surface area contributed by atoms with Crippen molar-refractivity contribution >= 4 is 29.2 Å². The molecule has 0 atom stereocenters. The largest absolute Gasteiger partial charge is 0.493 e. The third-order valence-electron chi connectivity index (χ3n) is 9.00. The van der Waals surface area contributed by atoms with Crippen LogP contribution in [0.15, 0.2) is 79.3 Å². The van der Waals surface area contributed by atoms with E-state index in [4.69, 9.17) is 28.7 Å². The van der Waals surface area contributed by atoms with Gasteiger partial charge in [0.2, 0.25) is 11.7 Å². The minimum atomic E-state index is -0.685. The lowest BCUT2D eigenvalue weighted by molar-refractivity contribution is 0.145. The van der Waals surface area contributed by atoms with Crippen molar-refractivity contribution < 1.29 is 28.5 Å². The molecule has 0 saturated carbocycles. The Labute approximate surface area is 309 Å². The van der Waals surface area contributed by atoms with Crippen LogP contribution in [0.1, 0.15) is 17.5 Å². The maximum absolute atomic E-state index is 14.2. The van der Waals surface area contributed by atoms with Gasteiger partial charge in [-0.05, 0) is 56.6 Å². The van der Waals surface area contributed by atoms with Gasteiger partial charge in [-0.2, -0.15) is 10.1 Å². The van der Waals surface area contributed by atoms with E-state index in [2.05, 4.69) is 32.2 Å². The molecule has 1 N–H and O–H groups in total. The second kappa shape index (κ2) is 17.1. The van der Waals surface area contributed by atoms with Crippen LogP contribution in [0.5, 0.6) is 28.7 Å². The first-order valence-corrected chi connectivity index (χ1v) is 17.4. The van der Waals surface area contributed by atoms with E-state index in [1.165, 1.54) is 12.0 Å². The number of hydrogen-bond acceptors (Lipinski definition) is 12. The van der Waals surface area contributed by atoms with Crippen molar-refractivity contribution in [2.45, 2.75) is 20.3 Å². The molecule has 0 unspecified atom stereocenters. The van der Waals surface area contributed by atoms with E-state index in [0.29, 0.717) is 41.0 Å². The van der Waals surface area contributed by atoms with E-state index in [1.807, 2.05) is 50.4 Å². The lowest BCUT2D eigenvalue weighted by atomic mass is 10.1. The number of amides is 1. The average Bonchev–Trinajstić information content (AvgIpc) is 3.71. The Morgan fingerprint density at radius 1 is 0.849 bits per heavy atom. The number of likely N-dealkylation sites (N-methyl/N-ethyl adjacent to an activating group) is 1. The maximum Gasteiger partial charge on any atom is 0.425 e. The first-order chi connectivity index (χ1) is 25.8. The van der Waals surface area contributed by atoms with Crippen LogP contribution in [0.3, 0.4) is 0 Å². The Kier molecular flexibility index (Phi) is 11.9. The van der Waals surface area contributed by atoms with Gasteiger partial charge in [-0.15, -0.1) is 0 Å². The van der Waals surface area contributed by atoms with E-state index < -0.39 is 6.09 Å². The van der Waals surface area contributed by atoms with Crippen molar-refractivity contribution in [2.24, 2.45) is 0 Å². The maximum atomic E-state index is 14.2. The van der Waals surface area contributed by atoms with Crippen LogP contribution in [0, 0.1) is 13.8 Å². The van der Waals surface area contributed by atoms with Gasteiger partial charge in [0.05, 0.1) is 39.3 Å². The Balaban J connectivity index is 1.25. The molecule has 1 saturated heterocycles. The van der Waals surface area contributed by atoms with Crippen molar-refractivity contribution in [3.8, 4) is 34.4 Å². The van der Waals surface area contributed by atoms with Crippen LogP contribution in [-0.4, -0.2) is 103 Å². The second-order valence-electron chi connectivity index (χ2n) is 12.6. The Morgan fingerprint density at radius 2 is 1.60 bits per heavy atom. The number of methoxy groups -OCH3 is 3. The van der Waals surface area contributed by atoms with Gasteiger partial charge in [0.1, 0.15) is 5.82 Å². The molecule has 14 nitrogen and oxygen atoms in total. The minimum Gasteiger partial charge on any atom is -0.493 e. The summed E-state index contributed by atoms with van der Waals surface area (Å²) in [7, 11) is 6.83. The van der Waals surface area contributed by atoms with Gasteiger partial charge in [-0.1, -0.05) is 18.2 Å². The van der Waals surface area contributed by atoms with E-state index >= 15 is 0 Å². The summed E-state index contributed by atoms with van der Waals surface area (Å²) in [6.07, 6.45) is 5.26. The zero-order valence-corrected chi connectivity index (χ0v) is 31.0. The number of benzene rings is 3. The molecule has 2 aromatic heterocycles. The number of rotatable bonds is 14. The fourth-order valence-corrected chi connectivity index (χ4v) is 6.22. The normalized spacial score (nSPS) is 13.3. The number of ether oxygens (including phenoxy) is 5. The van der Waals surface area contributed by atoms with Crippen LogP contribution in [0.4, 0.5) is 27.9 Å². The number of nitrogens with one attached hydrogen (secondary N) is 1. The standard InChI is InChI=1S/C39H46N8O6/c1-27-10-7-11-28(2)36(27)47(39(48)53-31-13-12-30(26-32(31)49-4)46-18-8-15-41-46)35-14-16-40-38(43-35)42-29-24-33(50-5)37(51-6)34(25-29)52-23-9-17-45-21-19-44(3)20-22-45/h7-8,10-16,18,24-26H,9,17,19-23H2,1-6H3,(H,40,42,43). The minimum absolute atomic E-state index is 0.235. The summed E-state index contributed by atoms with van der Waals surface area (Å²) in [5.74, 6) is 2.62. The van der Waals surface area contributed by atoms with Crippen molar-refractivity contribution in [1.82, 2.24) is 29.5 Å². The Bertz CT molecular complexity index is 1980. The number of para-hydroxylation sites is 1. The Morgan fingerprint density at radius 3 is 2.30 bits per heavy atom. The molecule has 1 aliphatic heterocycles. The molecule has 0 radical (unpaired) electrons. The topological polar surface area (TPSA) is 129 Å². The molecule has 53 heavy (non-hydrogen) atoms. The van der Waals surface area contributed by atoms with E-state index in [-0.39, 0.29) is 17.5 Å². The van der Waals surface area contributed by atoms with Gasteiger partial charge < -0.3 is 38.8 Å². The molecule has 1 aliphatic rings. The summed E-state index contributed by atoms with van der Waals surface area (Å²) in [4.78, 5) is 29.7. The summed E-state index contributed by atoms with van der Waals surface area (Å²) in [6, 6.07) is 18.1. The van der Waals surface area contributed by atoms with E-state index in [0.717, 1.165) is 56.0 Å². The second-order valence-corrected chi connectivity index (χ2v) is 12.6. The van der Waals surface area contributed by atoms with Gasteiger partial charge >= 0.3 is 6.09 Å². The van der Waals surface area contributed by atoms with Crippen molar-refractivity contribution in [1.29, 1.82) is 0 Å². The van der Waals surface area contributed by atoms with Gasteiger partial charge in [0, 0.05) is 81.3 Å².